The lowest BCUT2D eigenvalue weighted by molar-refractivity contribution is -0.137. The zero-order valence-corrected chi connectivity index (χ0v) is 18.7. The predicted octanol–water partition coefficient (Wildman–Crippen LogP) is 5.43. The first-order valence-corrected chi connectivity index (χ1v) is 12.5. The van der Waals surface area contributed by atoms with Gasteiger partial charge in [0, 0.05) is 10.8 Å². The highest BCUT2D eigenvalue weighted by atomic mass is 35.5. The van der Waals surface area contributed by atoms with Crippen LogP contribution in [0, 0.1) is 5.82 Å². The molecule has 0 N–H and O–H groups in total. The van der Waals surface area contributed by atoms with Gasteiger partial charge in [-0.05, 0) is 35.9 Å². The monoisotopic (exact) mass is 512 g/mol. The Morgan fingerprint density at radius 1 is 1.10 bits per heavy atom. The number of halogens is 6. The molecule has 1 fully saturated rings. The van der Waals surface area contributed by atoms with Crippen LogP contribution in [0.2, 0.25) is 10.0 Å². The third-order valence-corrected chi connectivity index (χ3v) is 8.40. The topological polar surface area (TPSA) is 49.7 Å². The van der Waals surface area contributed by atoms with Gasteiger partial charge in [0.1, 0.15) is 5.82 Å². The van der Waals surface area contributed by atoms with Gasteiger partial charge in [-0.25, -0.2) is 12.8 Å². The van der Waals surface area contributed by atoms with E-state index in [2.05, 4.69) is 4.99 Å². The number of aliphatic imine (C=N–C) groups is 1. The van der Waals surface area contributed by atoms with Crippen LogP contribution in [0.15, 0.2) is 41.4 Å². The first-order valence-electron chi connectivity index (χ1n) is 8.95. The number of rotatable bonds is 3. The van der Waals surface area contributed by atoms with Crippen molar-refractivity contribution in [2.75, 3.05) is 16.4 Å². The second kappa shape index (κ2) is 8.13. The molecule has 166 valence electrons. The zero-order chi connectivity index (χ0) is 22.6. The maximum atomic E-state index is 13.3. The van der Waals surface area contributed by atoms with Crippen LogP contribution in [-0.2, 0) is 21.8 Å². The summed E-state index contributed by atoms with van der Waals surface area (Å²) in [5.74, 6) is -0.660. The average molecular weight is 513 g/mol. The van der Waals surface area contributed by atoms with Crippen LogP contribution >= 0.6 is 35.0 Å². The summed E-state index contributed by atoms with van der Waals surface area (Å²) in [5.41, 5.74) is -0.254. The summed E-state index contributed by atoms with van der Waals surface area (Å²) in [5, 5.41) is 0.593. The maximum absolute atomic E-state index is 13.3. The van der Waals surface area contributed by atoms with E-state index in [0.717, 1.165) is 24.3 Å². The van der Waals surface area contributed by atoms with E-state index >= 15 is 0 Å². The van der Waals surface area contributed by atoms with E-state index in [1.54, 1.807) is 0 Å². The normalized spacial score (nSPS) is 22.5. The Kier molecular flexibility index (Phi) is 5.95. The highest BCUT2D eigenvalue weighted by molar-refractivity contribution is 8.13. The van der Waals surface area contributed by atoms with Gasteiger partial charge in [-0.1, -0.05) is 41.0 Å². The highest BCUT2D eigenvalue weighted by Crippen LogP contribution is 2.42. The van der Waals surface area contributed by atoms with Gasteiger partial charge in [0.25, 0.3) is 0 Å². The molecule has 0 radical (unpaired) electrons. The average Bonchev–Trinajstić information content (AvgIpc) is 3.11. The fourth-order valence-electron chi connectivity index (χ4n) is 3.57. The van der Waals surface area contributed by atoms with Gasteiger partial charge < -0.3 is 4.90 Å². The minimum Gasteiger partial charge on any atom is -0.313 e. The molecule has 1 saturated heterocycles. The maximum Gasteiger partial charge on any atom is 0.416 e. The van der Waals surface area contributed by atoms with Crippen LogP contribution in [0.3, 0.4) is 0 Å². The number of hydrogen-bond acceptors (Lipinski definition) is 5. The second-order valence-electron chi connectivity index (χ2n) is 7.18. The smallest absolute Gasteiger partial charge is 0.313 e. The van der Waals surface area contributed by atoms with E-state index in [1.807, 2.05) is 0 Å². The van der Waals surface area contributed by atoms with Gasteiger partial charge in [-0.2, -0.15) is 13.2 Å². The van der Waals surface area contributed by atoms with Crippen LogP contribution in [-0.4, -0.2) is 37.2 Å². The predicted molar refractivity (Wildman–Crippen MR) is 115 cm³/mol. The molecule has 2 atom stereocenters. The van der Waals surface area contributed by atoms with Gasteiger partial charge >= 0.3 is 6.18 Å². The number of sulfone groups is 1. The quantitative estimate of drug-likeness (QED) is 0.514. The van der Waals surface area contributed by atoms with Crippen LogP contribution in [0.4, 0.5) is 23.2 Å². The molecule has 0 spiro atoms. The first kappa shape index (κ1) is 22.7. The summed E-state index contributed by atoms with van der Waals surface area (Å²) in [6, 6.07) is 5.56. The zero-order valence-electron chi connectivity index (χ0n) is 15.5. The van der Waals surface area contributed by atoms with Gasteiger partial charge in [0.15, 0.2) is 15.0 Å². The number of nitrogens with zero attached hydrogens (tertiary/aromatic N) is 2. The number of benzene rings is 2. The minimum absolute atomic E-state index is 0.0394. The molecule has 0 bridgehead atoms. The van der Waals surface area contributed by atoms with Gasteiger partial charge in [-0.3, -0.25) is 4.99 Å². The van der Waals surface area contributed by atoms with Crippen molar-refractivity contribution in [1.82, 2.24) is 0 Å². The van der Waals surface area contributed by atoms with Crippen LogP contribution < -0.4 is 4.90 Å². The first-order chi connectivity index (χ1) is 14.4. The van der Waals surface area contributed by atoms with Crippen molar-refractivity contribution in [3.8, 4) is 0 Å². The van der Waals surface area contributed by atoms with Crippen LogP contribution in [0.5, 0.6) is 0 Å². The van der Waals surface area contributed by atoms with Crippen molar-refractivity contribution in [2.45, 2.75) is 24.0 Å². The van der Waals surface area contributed by atoms with E-state index in [-0.39, 0.29) is 33.0 Å². The minimum atomic E-state index is -4.59. The molecular formula is C19H14Cl2F4N2O2S2. The lowest BCUT2D eigenvalue weighted by Crippen LogP contribution is -2.39. The molecule has 2 aliphatic rings. The Labute approximate surface area is 190 Å². The molecule has 12 heteroatoms. The molecule has 2 aliphatic heterocycles. The van der Waals surface area contributed by atoms with E-state index in [0.29, 0.717) is 10.7 Å². The molecule has 0 aliphatic carbocycles. The number of anilines is 1. The number of amidine groups is 1. The SMILES string of the molecule is O=S1(=O)C[C@@H]2N=C(SCc3ccc(F)cc3Cl)N(c3cc(C(F)(F)F)ccc3Cl)[C@@H]2C1. The fourth-order valence-corrected chi connectivity index (χ4v) is 7.06. The Hall–Kier alpha value is -1.49. The van der Waals surface area contributed by atoms with Crippen LogP contribution in [0.1, 0.15) is 11.1 Å². The molecule has 2 heterocycles. The molecule has 4 rings (SSSR count). The summed E-state index contributed by atoms with van der Waals surface area (Å²) >= 11 is 13.5. The molecule has 0 aromatic heterocycles. The Balaban J connectivity index is 1.70. The Bertz CT molecular complexity index is 1170. The van der Waals surface area contributed by atoms with E-state index in [4.69, 9.17) is 23.2 Å². The van der Waals surface area contributed by atoms with Gasteiger partial charge in [0.2, 0.25) is 0 Å². The summed E-state index contributed by atoms with van der Waals surface area (Å²) in [6.45, 7) is 0. The highest BCUT2D eigenvalue weighted by Gasteiger charge is 2.48. The molecule has 0 saturated carbocycles. The third kappa shape index (κ3) is 4.67. The van der Waals surface area contributed by atoms with Crippen LogP contribution in [0.25, 0.3) is 0 Å². The number of fused-ring (bicyclic) bond motifs is 1. The van der Waals surface area contributed by atoms with E-state index < -0.39 is 39.5 Å². The second-order valence-corrected chi connectivity index (χ2v) is 11.1. The van der Waals surface area contributed by atoms with Crippen molar-refractivity contribution < 1.29 is 26.0 Å². The molecular weight excluding hydrogens is 499 g/mol. The summed E-state index contributed by atoms with van der Waals surface area (Å²) in [7, 11) is -3.39. The Morgan fingerprint density at radius 3 is 2.52 bits per heavy atom. The largest absolute Gasteiger partial charge is 0.416 e. The van der Waals surface area contributed by atoms with Gasteiger partial charge in [-0.15, -0.1) is 0 Å². The van der Waals surface area contributed by atoms with Crippen molar-refractivity contribution >= 4 is 55.7 Å². The molecule has 31 heavy (non-hydrogen) atoms. The summed E-state index contributed by atoms with van der Waals surface area (Å²) in [6.07, 6.45) is -4.59. The summed E-state index contributed by atoms with van der Waals surface area (Å²) in [4.78, 5) is 5.94. The van der Waals surface area contributed by atoms with E-state index in [1.165, 1.54) is 28.8 Å². The molecule has 0 amide bonds. The standard InChI is InChI=1S/C19H14Cl2F4N2O2S2/c20-13-4-2-11(19(23,24)25)5-16(13)27-17-9-31(28,29)8-15(17)26-18(27)30-7-10-1-3-12(22)6-14(10)21/h1-6,15,17H,7-9H2/t15-,17+/m0/s1. The number of thioether (sulfide) groups is 1. The van der Waals surface area contributed by atoms with Crippen molar-refractivity contribution in [2.24, 2.45) is 4.99 Å². The Morgan fingerprint density at radius 2 is 1.84 bits per heavy atom. The van der Waals surface area contributed by atoms with E-state index in [9.17, 15) is 26.0 Å². The molecule has 2 aromatic rings. The van der Waals surface area contributed by atoms with Crippen molar-refractivity contribution in [3.63, 3.8) is 0 Å². The van der Waals surface area contributed by atoms with Gasteiger partial charge in [0.05, 0.1) is 39.9 Å². The molecule has 0 unspecified atom stereocenters. The lowest BCUT2D eigenvalue weighted by Gasteiger charge is -2.28. The summed E-state index contributed by atoms with van der Waals surface area (Å²) < 4.78 is 77.4. The number of alkyl halides is 3. The van der Waals surface area contributed by atoms with Crippen molar-refractivity contribution in [3.05, 3.63) is 63.4 Å². The third-order valence-electron chi connectivity index (χ3n) is 5.01. The molecule has 2 aromatic carbocycles. The lowest BCUT2D eigenvalue weighted by atomic mass is 10.1. The fraction of sp³-hybridized carbons (Fsp3) is 0.316. The van der Waals surface area contributed by atoms with Crippen molar-refractivity contribution in [1.29, 1.82) is 0 Å². The number of hydrogen-bond donors (Lipinski definition) is 0. The molecule has 4 nitrogen and oxygen atoms in total.